The minimum atomic E-state index is 0.514. The van der Waals surface area contributed by atoms with Gasteiger partial charge in [-0.3, -0.25) is 10.9 Å². The van der Waals surface area contributed by atoms with Crippen molar-refractivity contribution in [1.29, 1.82) is 0 Å². The maximum atomic E-state index is 5.26. The van der Waals surface area contributed by atoms with E-state index in [1.54, 1.807) is 0 Å². The van der Waals surface area contributed by atoms with Gasteiger partial charge in [-0.2, -0.15) is 10.2 Å². The number of nitrogens with one attached hydrogen (secondary N) is 4. The van der Waals surface area contributed by atoms with Crippen LogP contribution in [0.2, 0.25) is 0 Å². The average molecular weight is 459 g/mol. The normalized spacial score (nSPS) is 12.3. The molecule has 0 aromatic heterocycles. The Hall–Kier alpha value is -1.36. The van der Waals surface area contributed by atoms with Gasteiger partial charge in [0.25, 0.3) is 0 Å². The van der Waals surface area contributed by atoms with Crippen molar-refractivity contribution in [3.8, 4) is 0 Å². The molecule has 30 heavy (non-hydrogen) atoms. The van der Waals surface area contributed by atoms with E-state index in [0.29, 0.717) is 10.2 Å². The Morgan fingerprint density at radius 1 is 0.667 bits per heavy atom. The number of hydrogen-bond acceptors (Lipinski definition) is 6. The van der Waals surface area contributed by atoms with Crippen molar-refractivity contribution in [3.05, 3.63) is 0 Å². The number of thiocarbonyl (C=S) groups is 2. The lowest BCUT2D eigenvalue weighted by Crippen LogP contribution is -2.36. The number of hydrogen-bond donors (Lipinski definition) is 4. The molecular formula is C20H42N8S2. The van der Waals surface area contributed by atoms with E-state index in [1.165, 1.54) is 0 Å². The minimum absolute atomic E-state index is 0.514. The molecule has 0 aliphatic rings. The summed E-state index contributed by atoms with van der Waals surface area (Å²) < 4.78 is 0. The summed E-state index contributed by atoms with van der Waals surface area (Å²) in [5.74, 6) is 0. The first-order chi connectivity index (χ1) is 14.4. The second-order valence-corrected chi connectivity index (χ2v) is 7.71. The Balaban J connectivity index is 4.11. The van der Waals surface area contributed by atoms with Gasteiger partial charge in [-0.15, -0.1) is 0 Å². The van der Waals surface area contributed by atoms with E-state index in [0.717, 1.165) is 76.6 Å². The molecule has 0 aliphatic heterocycles. The van der Waals surface area contributed by atoms with E-state index in [1.807, 2.05) is 13.8 Å². The molecule has 174 valence electrons. The third-order valence-electron chi connectivity index (χ3n) is 4.84. The molecule has 0 heterocycles. The van der Waals surface area contributed by atoms with Crippen LogP contribution in [0.1, 0.15) is 54.4 Å². The Labute approximate surface area is 194 Å². The lowest BCUT2D eigenvalue weighted by atomic mass is 10.3. The second-order valence-electron chi connectivity index (χ2n) is 6.89. The first-order valence-corrected chi connectivity index (χ1v) is 11.8. The van der Waals surface area contributed by atoms with Crippen molar-refractivity contribution < 1.29 is 0 Å². The van der Waals surface area contributed by atoms with Gasteiger partial charge in [0.15, 0.2) is 10.2 Å². The van der Waals surface area contributed by atoms with Crippen molar-refractivity contribution in [2.24, 2.45) is 10.2 Å². The van der Waals surface area contributed by atoms with Crippen LogP contribution in [-0.4, -0.2) is 83.8 Å². The van der Waals surface area contributed by atoms with Gasteiger partial charge >= 0.3 is 0 Å². The van der Waals surface area contributed by atoms with Crippen molar-refractivity contribution in [1.82, 2.24) is 31.3 Å². The maximum absolute atomic E-state index is 5.26. The molecule has 0 aromatic rings. The number of rotatable bonds is 15. The SMILES string of the molecule is CCN(CC)CCCNC(=S)N/N=C(C)\C(C)=N/NC(=S)NCCCN(CC)CC. The second kappa shape index (κ2) is 18.4. The molecule has 0 aliphatic carbocycles. The van der Waals surface area contributed by atoms with Crippen LogP contribution in [0.5, 0.6) is 0 Å². The van der Waals surface area contributed by atoms with E-state index in [4.69, 9.17) is 24.4 Å². The predicted molar refractivity (Wildman–Crippen MR) is 139 cm³/mol. The van der Waals surface area contributed by atoms with Crippen molar-refractivity contribution >= 4 is 46.1 Å². The molecule has 8 nitrogen and oxygen atoms in total. The van der Waals surface area contributed by atoms with Crippen LogP contribution in [0.15, 0.2) is 10.2 Å². The highest BCUT2D eigenvalue weighted by Crippen LogP contribution is 1.90. The summed E-state index contributed by atoms with van der Waals surface area (Å²) in [6.45, 7) is 20.5. The Morgan fingerprint density at radius 2 is 1.00 bits per heavy atom. The lowest BCUT2D eigenvalue weighted by Gasteiger charge is -2.18. The Bertz CT molecular complexity index is 495. The topological polar surface area (TPSA) is 79.3 Å². The molecule has 0 aromatic carbocycles. The van der Waals surface area contributed by atoms with Crippen LogP contribution < -0.4 is 21.5 Å². The fourth-order valence-corrected chi connectivity index (χ4v) is 2.89. The van der Waals surface area contributed by atoms with Crippen LogP contribution in [0.25, 0.3) is 0 Å². The van der Waals surface area contributed by atoms with Gasteiger partial charge in [-0.25, -0.2) is 0 Å². The Kier molecular flexibility index (Phi) is 17.6. The number of hydrazone groups is 2. The molecule has 0 atom stereocenters. The fourth-order valence-electron chi connectivity index (χ4n) is 2.60. The van der Waals surface area contributed by atoms with Crippen LogP contribution in [0.3, 0.4) is 0 Å². The summed E-state index contributed by atoms with van der Waals surface area (Å²) in [6, 6.07) is 0. The molecular weight excluding hydrogens is 416 g/mol. The van der Waals surface area contributed by atoms with Gasteiger partial charge in [0.2, 0.25) is 0 Å². The largest absolute Gasteiger partial charge is 0.361 e. The Morgan fingerprint density at radius 3 is 1.30 bits per heavy atom. The van der Waals surface area contributed by atoms with Crippen molar-refractivity contribution in [2.45, 2.75) is 54.4 Å². The van der Waals surface area contributed by atoms with Crippen LogP contribution in [0, 0.1) is 0 Å². The van der Waals surface area contributed by atoms with Gasteiger partial charge in [-0.05, 0) is 90.4 Å². The van der Waals surface area contributed by atoms with Crippen LogP contribution in [0.4, 0.5) is 0 Å². The minimum Gasteiger partial charge on any atom is -0.361 e. The zero-order chi connectivity index (χ0) is 22.8. The maximum Gasteiger partial charge on any atom is 0.186 e. The van der Waals surface area contributed by atoms with Crippen LogP contribution in [-0.2, 0) is 0 Å². The van der Waals surface area contributed by atoms with Crippen LogP contribution >= 0.6 is 24.4 Å². The standard InChI is InChI=1S/C20H42N8S2/c1-7-27(8-2)15-11-13-21-19(29)25-23-17(5)18(6)24-26-20(30)22-14-12-16-28(9-3)10-4/h7-16H2,1-6H3,(H2,21,25,29)(H2,22,26,30)/b23-17-,24-18-. The molecule has 0 fully saturated rings. The fraction of sp³-hybridized carbons (Fsp3) is 0.800. The van der Waals surface area contributed by atoms with Gasteiger partial charge in [0.1, 0.15) is 0 Å². The summed E-state index contributed by atoms with van der Waals surface area (Å²) in [6.07, 6.45) is 2.08. The summed E-state index contributed by atoms with van der Waals surface area (Å²) >= 11 is 10.5. The third-order valence-corrected chi connectivity index (χ3v) is 5.31. The highest BCUT2D eigenvalue weighted by molar-refractivity contribution is 7.80. The quantitative estimate of drug-likeness (QED) is 0.129. The van der Waals surface area contributed by atoms with Gasteiger partial charge < -0.3 is 20.4 Å². The lowest BCUT2D eigenvalue weighted by molar-refractivity contribution is 0.300. The molecule has 0 radical (unpaired) electrons. The third kappa shape index (κ3) is 14.6. The predicted octanol–water partition coefficient (Wildman–Crippen LogP) is 2.13. The van der Waals surface area contributed by atoms with E-state index >= 15 is 0 Å². The van der Waals surface area contributed by atoms with E-state index in [-0.39, 0.29) is 0 Å². The molecule has 0 rings (SSSR count). The molecule has 4 N–H and O–H groups in total. The highest BCUT2D eigenvalue weighted by atomic mass is 32.1. The molecule has 0 saturated heterocycles. The average Bonchev–Trinajstić information content (AvgIpc) is 2.75. The first kappa shape index (κ1) is 28.6. The van der Waals surface area contributed by atoms with E-state index < -0.39 is 0 Å². The molecule has 0 saturated carbocycles. The molecule has 0 amide bonds. The molecule has 10 heteroatoms. The monoisotopic (exact) mass is 458 g/mol. The summed E-state index contributed by atoms with van der Waals surface area (Å²) in [7, 11) is 0. The molecule has 0 bridgehead atoms. The van der Waals surface area contributed by atoms with E-state index in [9.17, 15) is 0 Å². The summed E-state index contributed by atoms with van der Waals surface area (Å²) in [4.78, 5) is 4.77. The zero-order valence-electron chi connectivity index (χ0n) is 19.7. The highest BCUT2D eigenvalue weighted by Gasteiger charge is 2.02. The van der Waals surface area contributed by atoms with E-state index in [2.05, 4.69) is 69.2 Å². The van der Waals surface area contributed by atoms with Gasteiger partial charge in [0, 0.05) is 13.1 Å². The first-order valence-electron chi connectivity index (χ1n) is 11.0. The molecule has 0 spiro atoms. The van der Waals surface area contributed by atoms with Gasteiger partial charge in [0.05, 0.1) is 11.4 Å². The van der Waals surface area contributed by atoms with Gasteiger partial charge in [-0.1, -0.05) is 27.7 Å². The summed E-state index contributed by atoms with van der Waals surface area (Å²) in [5, 5.41) is 15.9. The van der Waals surface area contributed by atoms with Crippen molar-refractivity contribution in [3.63, 3.8) is 0 Å². The number of nitrogens with zero attached hydrogens (tertiary/aromatic N) is 4. The summed E-state index contributed by atoms with van der Waals surface area (Å²) in [5.41, 5.74) is 7.20. The molecule has 0 unspecified atom stereocenters. The van der Waals surface area contributed by atoms with Crippen molar-refractivity contribution in [2.75, 3.05) is 52.4 Å². The zero-order valence-corrected chi connectivity index (χ0v) is 21.3. The smallest absolute Gasteiger partial charge is 0.186 e.